The summed E-state index contributed by atoms with van der Waals surface area (Å²) in [6.45, 7) is 2.75. The van der Waals surface area contributed by atoms with Gasteiger partial charge in [-0.15, -0.1) is 0 Å². The molecule has 1 aromatic rings. The molecular formula is C12H16IN3O2. The van der Waals surface area contributed by atoms with Gasteiger partial charge in [0.15, 0.2) is 0 Å². The normalized spacial score (nSPS) is 19.2. The average Bonchev–Trinajstić information content (AvgIpc) is 2.78. The summed E-state index contributed by atoms with van der Waals surface area (Å²) in [7, 11) is 1.94. The topological polar surface area (TPSA) is 58.4 Å². The Labute approximate surface area is 120 Å². The van der Waals surface area contributed by atoms with E-state index >= 15 is 0 Å². The van der Waals surface area contributed by atoms with Crippen molar-refractivity contribution >= 4 is 34.0 Å². The predicted molar refractivity (Wildman–Crippen MR) is 80.1 cm³/mol. The van der Waals surface area contributed by atoms with Gasteiger partial charge < -0.3 is 10.2 Å². The van der Waals surface area contributed by atoms with Gasteiger partial charge in [0.25, 0.3) is 5.69 Å². The molecule has 0 saturated carbocycles. The molecule has 2 rings (SSSR count). The van der Waals surface area contributed by atoms with E-state index in [0.29, 0.717) is 5.92 Å². The van der Waals surface area contributed by atoms with Gasteiger partial charge in [0.2, 0.25) is 0 Å². The maximum atomic E-state index is 11.1. The van der Waals surface area contributed by atoms with E-state index in [1.807, 2.05) is 19.2 Å². The first kappa shape index (κ1) is 13.5. The Morgan fingerprint density at radius 3 is 3.06 bits per heavy atom. The highest BCUT2D eigenvalue weighted by atomic mass is 127. The van der Waals surface area contributed by atoms with Crippen LogP contribution in [0.25, 0.3) is 0 Å². The minimum atomic E-state index is -0.289. The number of rotatable bonds is 4. The third-order valence-corrected chi connectivity index (χ3v) is 3.92. The van der Waals surface area contributed by atoms with E-state index in [2.05, 4.69) is 32.8 Å². The summed E-state index contributed by atoms with van der Waals surface area (Å²) in [6.07, 6.45) is 1.09. The van der Waals surface area contributed by atoms with Crippen LogP contribution in [-0.2, 0) is 0 Å². The highest BCUT2D eigenvalue weighted by molar-refractivity contribution is 14.1. The van der Waals surface area contributed by atoms with Crippen molar-refractivity contribution in [3.63, 3.8) is 0 Å². The molecule has 1 heterocycles. The van der Waals surface area contributed by atoms with Crippen LogP contribution < -0.4 is 10.2 Å². The SMILES string of the molecule is CNCC1CCN(c2ccc(I)cc2[N+](=O)[O-])C1. The molecule has 1 fully saturated rings. The Bertz CT molecular complexity index is 453. The number of halogens is 1. The highest BCUT2D eigenvalue weighted by Crippen LogP contribution is 2.33. The lowest BCUT2D eigenvalue weighted by atomic mass is 10.1. The van der Waals surface area contributed by atoms with Crippen LogP contribution in [-0.4, -0.2) is 31.6 Å². The van der Waals surface area contributed by atoms with E-state index in [4.69, 9.17) is 0 Å². The van der Waals surface area contributed by atoms with Gasteiger partial charge >= 0.3 is 0 Å². The molecule has 5 nitrogen and oxygen atoms in total. The second kappa shape index (κ2) is 5.83. The van der Waals surface area contributed by atoms with E-state index in [1.165, 1.54) is 0 Å². The van der Waals surface area contributed by atoms with E-state index < -0.39 is 0 Å². The first-order valence-electron chi connectivity index (χ1n) is 5.95. The molecule has 1 aromatic carbocycles. The van der Waals surface area contributed by atoms with Crippen LogP contribution in [0.15, 0.2) is 18.2 Å². The molecule has 0 spiro atoms. The van der Waals surface area contributed by atoms with Gasteiger partial charge in [-0.25, -0.2) is 0 Å². The first-order valence-corrected chi connectivity index (χ1v) is 7.03. The van der Waals surface area contributed by atoms with Crippen molar-refractivity contribution in [2.45, 2.75) is 6.42 Å². The summed E-state index contributed by atoms with van der Waals surface area (Å²) < 4.78 is 0.897. The van der Waals surface area contributed by atoms with Gasteiger partial charge in [0, 0.05) is 22.7 Å². The number of anilines is 1. The summed E-state index contributed by atoms with van der Waals surface area (Å²) in [6, 6.07) is 5.43. The van der Waals surface area contributed by atoms with E-state index in [-0.39, 0.29) is 10.6 Å². The second-order valence-corrected chi connectivity index (χ2v) is 5.79. The van der Waals surface area contributed by atoms with Gasteiger partial charge in [-0.1, -0.05) is 0 Å². The highest BCUT2D eigenvalue weighted by Gasteiger charge is 2.27. The summed E-state index contributed by atoms with van der Waals surface area (Å²) in [5, 5.41) is 14.3. The summed E-state index contributed by atoms with van der Waals surface area (Å²) in [5.74, 6) is 0.578. The van der Waals surface area contributed by atoms with Crippen LogP contribution in [0, 0.1) is 19.6 Å². The fourth-order valence-corrected chi connectivity index (χ4v) is 2.89. The van der Waals surface area contributed by atoms with E-state index in [0.717, 1.165) is 35.3 Å². The quantitative estimate of drug-likeness (QED) is 0.508. The van der Waals surface area contributed by atoms with Crippen molar-refractivity contribution in [2.75, 3.05) is 31.6 Å². The van der Waals surface area contributed by atoms with Crippen molar-refractivity contribution in [1.29, 1.82) is 0 Å². The third-order valence-electron chi connectivity index (χ3n) is 3.25. The van der Waals surface area contributed by atoms with Gasteiger partial charge in [-0.3, -0.25) is 10.1 Å². The molecule has 18 heavy (non-hydrogen) atoms. The molecule has 1 saturated heterocycles. The van der Waals surface area contributed by atoms with Crippen molar-refractivity contribution < 1.29 is 4.92 Å². The number of nitro groups is 1. The number of hydrogen-bond acceptors (Lipinski definition) is 4. The molecular weight excluding hydrogens is 345 g/mol. The number of nitrogens with zero attached hydrogens (tertiary/aromatic N) is 2. The zero-order chi connectivity index (χ0) is 13.1. The smallest absolute Gasteiger partial charge is 0.293 e. The third kappa shape index (κ3) is 2.92. The molecule has 0 aliphatic carbocycles. The minimum absolute atomic E-state index is 0.215. The number of nitrogens with one attached hydrogen (secondary N) is 1. The fourth-order valence-electron chi connectivity index (χ4n) is 2.42. The van der Waals surface area contributed by atoms with Gasteiger partial charge in [0.05, 0.1) is 4.92 Å². The van der Waals surface area contributed by atoms with E-state index in [9.17, 15) is 10.1 Å². The van der Waals surface area contributed by atoms with Crippen LogP contribution in [0.1, 0.15) is 6.42 Å². The standard InChI is InChI=1S/C12H16IN3O2/c1-14-7-9-4-5-15(8-9)11-3-2-10(13)6-12(11)16(17)18/h2-3,6,9,14H,4-5,7-8H2,1H3. The van der Waals surface area contributed by atoms with Crippen LogP contribution >= 0.6 is 22.6 Å². The molecule has 1 atom stereocenters. The lowest BCUT2D eigenvalue weighted by molar-refractivity contribution is -0.384. The Hall–Kier alpha value is -0.890. The van der Waals surface area contributed by atoms with Crippen LogP contribution in [0.3, 0.4) is 0 Å². The largest absolute Gasteiger partial charge is 0.366 e. The molecule has 98 valence electrons. The molecule has 0 aromatic heterocycles. The Balaban J connectivity index is 2.21. The number of benzene rings is 1. The predicted octanol–water partition coefficient (Wildman–Crippen LogP) is 2.25. The molecule has 1 N–H and O–H groups in total. The van der Waals surface area contributed by atoms with Crippen LogP contribution in [0.4, 0.5) is 11.4 Å². The average molecular weight is 361 g/mol. The summed E-state index contributed by atoms with van der Waals surface area (Å²) in [5.41, 5.74) is 0.964. The fraction of sp³-hybridized carbons (Fsp3) is 0.500. The Morgan fingerprint density at radius 1 is 1.61 bits per heavy atom. The molecule has 1 unspecified atom stereocenters. The molecule has 1 aliphatic heterocycles. The maximum absolute atomic E-state index is 11.1. The van der Waals surface area contributed by atoms with Gasteiger partial charge in [0.1, 0.15) is 5.69 Å². The zero-order valence-electron chi connectivity index (χ0n) is 10.2. The molecule has 0 amide bonds. The second-order valence-electron chi connectivity index (χ2n) is 4.55. The number of nitro benzene ring substituents is 1. The minimum Gasteiger partial charge on any atom is -0.366 e. The monoisotopic (exact) mass is 361 g/mol. The number of hydrogen-bond donors (Lipinski definition) is 1. The van der Waals surface area contributed by atoms with Gasteiger partial charge in [-0.2, -0.15) is 0 Å². The Kier molecular flexibility index (Phi) is 4.39. The van der Waals surface area contributed by atoms with Crippen LogP contribution in [0.5, 0.6) is 0 Å². The molecule has 0 bridgehead atoms. The van der Waals surface area contributed by atoms with Crippen molar-refractivity contribution in [1.82, 2.24) is 5.32 Å². The summed E-state index contributed by atoms with van der Waals surface area (Å²) in [4.78, 5) is 12.9. The summed E-state index contributed by atoms with van der Waals surface area (Å²) >= 11 is 2.10. The first-order chi connectivity index (χ1) is 8.61. The molecule has 0 radical (unpaired) electrons. The van der Waals surface area contributed by atoms with Crippen molar-refractivity contribution in [3.8, 4) is 0 Å². The lowest BCUT2D eigenvalue weighted by Gasteiger charge is -2.18. The van der Waals surface area contributed by atoms with Crippen molar-refractivity contribution in [2.24, 2.45) is 5.92 Å². The zero-order valence-corrected chi connectivity index (χ0v) is 12.4. The van der Waals surface area contributed by atoms with Gasteiger partial charge in [-0.05, 0) is 60.7 Å². The van der Waals surface area contributed by atoms with E-state index in [1.54, 1.807) is 6.07 Å². The van der Waals surface area contributed by atoms with Crippen LogP contribution in [0.2, 0.25) is 0 Å². The molecule has 1 aliphatic rings. The van der Waals surface area contributed by atoms with Crippen molar-refractivity contribution in [3.05, 3.63) is 31.9 Å². The molecule has 6 heteroatoms. The Morgan fingerprint density at radius 2 is 2.39 bits per heavy atom. The lowest BCUT2D eigenvalue weighted by Crippen LogP contribution is -2.24. The maximum Gasteiger partial charge on any atom is 0.293 e.